The van der Waals surface area contributed by atoms with Crippen LogP contribution in [-0.4, -0.2) is 24.6 Å². The van der Waals surface area contributed by atoms with Crippen LogP contribution in [-0.2, 0) is 6.54 Å². The highest BCUT2D eigenvalue weighted by atomic mass is 19.1. The summed E-state index contributed by atoms with van der Waals surface area (Å²) < 4.78 is 26.0. The molecule has 0 aliphatic heterocycles. The number of benzene rings is 3. The lowest BCUT2D eigenvalue weighted by Crippen LogP contribution is -2.20. The number of carbonyl (C=O) groups is 1. The molecule has 3 aromatic carbocycles. The van der Waals surface area contributed by atoms with E-state index >= 15 is 0 Å². The second kappa shape index (κ2) is 8.67. The molecular weight excluding hydrogens is 409 g/mol. The van der Waals surface area contributed by atoms with Crippen molar-refractivity contribution in [3.63, 3.8) is 0 Å². The maximum absolute atomic E-state index is 13.3. The lowest BCUT2D eigenvalue weighted by Gasteiger charge is -2.16. The summed E-state index contributed by atoms with van der Waals surface area (Å²) in [5, 5.41) is 0.336. The molecule has 0 bridgehead atoms. The fraction of sp³-hybridized carbons (Fsp3) is 0.154. The smallest absolute Gasteiger partial charge is 0.200 e. The molecule has 6 heteroatoms. The van der Waals surface area contributed by atoms with Gasteiger partial charge in [-0.25, -0.2) is 4.39 Å². The number of ether oxygens (including phenoxy) is 2. The zero-order chi connectivity index (χ0) is 22.8. The van der Waals surface area contributed by atoms with E-state index in [2.05, 4.69) is 0 Å². The van der Waals surface area contributed by atoms with E-state index in [1.54, 1.807) is 18.3 Å². The van der Waals surface area contributed by atoms with Crippen LogP contribution in [0.15, 0.2) is 71.7 Å². The minimum Gasteiger partial charge on any atom is -0.493 e. The Balaban J connectivity index is 1.95. The number of hydrogen-bond acceptors (Lipinski definition) is 4. The van der Waals surface area contributed by atoms with Gasteiger partial charge in [0.15, 0.2) is 17.3 Å². The predicted molar refractivity (Wildman–Crippen MR) is 121 cm³/mol. The zero-order valence-corrected chi connectivity index (χ0v) is 18.0. The first-order chi connectivity index (χ1) is 15.4. The van der Waals surface area contributed by atoms with Gasteiger partial charge in [0.2, 0.25) is 5.43 Å². The number of hydrogen-bond donors (Lipinski definition) is 0. The third-order valence-electron chi connectivity index (χ3n) is 5.41. The van der Waals surface area contributed by atoms with Crippen molar-refractivity contribution in [2.45, 2.75) is 13.5 Å². The Morgan fingerprint density at radius 1 is 0.938 bits per heavy atom. The Labute approximate surface area is 184 Å². The first-order valence-electron chi connectivity index (χ1n) is 10.1. The van der Waals surface area contributed by atoms with Crippen molar-refractivity contribution in [2.24, 2.45) is 0 Å². The molecule has 0 unspecified atom stereocenters. The summed E-state index contributed by atoms with van der Waals surface area (Å²) in [5.74, 6) is -0.0435. The van der Waals surface area contributed by atoms with Crippen LogP contribution in [0, 0.1) is 12.7 Å². The summed E-state index contributed by atoms with van der Waals surface area (Å²) in [6.07, 6.45) is 1.56. The molecule has 162 valence electrons. The van der Waals surface area contributed by atoms with E-state index in [4.69, 9.17) is 9.47 Å². The third-order valence-corrected chi connectivity index (χ3v) is 5.41. The first kappa shape index (κ1) is 21.3. The second-order valence-electron chi connectivity index (χ2n) is 7.55. The quantitative estimate of drug-likeness (QED) is 0.414. The molecule has 0 atom stereocenters. The zero-order valence-electron chi connectivity index (χ0n) is 18.0. The Hall–Kier alpha value is -3.93. The van der Waals surface area contributed by atoms with Crippen molar-refractivity contribution >= 4 is 16.7 Å². The maximum atomic E-state index is 13.3. The fourth-order valence-electron chi connectivity index (χ4n) is 3.66. The van der Waals surface area contributed by atoms with Crippen molar-refractivity contribution in [2.75, 3.05) is 14.2 Å². The second-order valence-corrected chi connectivity index (χ2v) is 7.55. The van der Waals surface area contributed by atoms with Gasteiger partial charge in [0.05, 0.1) is 30.7 Å². The number of nitrogens with zero attached hydrogens (tertiary/aromatic N) is 1. The molecule has 0 saturated heterocycles. The van der Waals surface area contributed by atoms with Crippen LogP contribution in [0.25, 0.3) is 10.9 Å². The predicted octanol–water partition coefficient (Wildman–Crippen LogP) is 4.75. The fourth-order valence-corrected chi connectivity index (χ4v) is 3.66. The van der Waals surface area contributed by atoms with E-state index in [1.807, 2.05) is 35.8 Å². The van der Waals surface area contributed by atoms with E-state index < -0.39 is 17.0 Å². The summed E-state index contributed by atoms with van der Waals surface area (Å²) in [6, 6.07) is 16.5. The summed E-state index contributed by atoms with van der Waals surface area (Å²) in [7, 11) is 3.01. The highest BCUT2D eigenvalue weighted by Crippen LogP contribution is 2.31. The standard InChI is InChI=1S/C26H22FNO4/c1-16-4-6-17(7-5-16)14-28-15-21(25(29)18-8-10-19(27)11-9-18)26(30)20-12-23(31-2)24(32-3)13-22(20)28/h4-13,15H,14H2,1-3H3. The van der Waals surface area contributed by atoms with Crippen LogP contribution in [0.5, 0.6) is 11.5 Å². The molecule has 0 fully saturated rings. The van der Waals surface area contributed by atoms with Crippen molar-refractivity contribution in [3.05, 3.63) is 105 Å². The molecular formula is C26H22FNO4. The summed E-state index contributed by atoms with van der Waals surface area (Å²) in [4.78, 5) is 26.5. The van der Waals surface area contributed by atoms with Crippen LogP contribution >= 0.6 is 0 Å². The molecule has 32 heavy (non-hydrogen) atoms. The molecule has 0 spiro atoms. The van der Waals surface area contributed by atoms with Gasteiger partial charge in [-0.1, -0.05) is 29.8 Å². The molecule has 0 saturated carbocycles. The minimum atomic E-state index is -0.468. The number of rotatable bonds is 6. The molecule has 1 aromatic heterocycles. The van der Waals surface area contributed by atoms with Crippen molar-refractivity contribution in [3.8, 4) is 11.5 Å². The van der Waals surface area contributed by atoms with Gasteiger partial charge in [-0.05, 0) is 42.8 Å². The van der Waals surface area contributed by atoms with E-state index in [1.165, 1.54) is 38.5 Å². The number of methoxy groups -OCH3 is 2. The summed E-state index contributed by atoms with van der Waals surface area (Å²) >= 11 is 0. The van der Waals surface area contributed by atoms with Gasteiger partial charge in [-0.2, -0.15) is 0 Å². The number of ketones is 1. The first-order valence-corrected chi connectivity index (χ1v) is 10.1. The SMILES string of the molecule is COc1cc2c(=O)c(C(=O)c3ccc(F)cc3)cn(Cc3ccc(C)cc3)c2cc1OC. The van der Waals surface area contributed by atoms with Crippen molar-refractivity contribution < 1.29 is 18.7 Å². The highest BCUT2D eigenvalue weighted by Gasteiger charge is 2.19. The number of carbonyl (C=O) groups excluding carboxylic acids is 1. The number of aromatic nitrogens is 1. The third kappa shape index (κ3) is 3.99. The van der Waals surface area contributed by atoms with Gasteiger partial charge < -0.3 is 14.0 Å². The molecule has 1 heterocycles. The van der Waals surface area contributed by atoms with Gasteiger partial charge in [0, 0.05) is 24.4 Å². The molecule has 5 nitrogen and oxygen atoms in total. The highest BCUT2D eigenvalue weighted by molar-refractivity contribution is 6.10. The van der Waals surface area contributed by atoms with Gasteiger partial charge >= 0.3 is 0 Å². The Morgan fingerprint density at radius 3 is 2.19 bits per heavy atom. The van der Waals surface area contributed by atoms with Crippen LogP contribution in [0.3, 0.4) is 0 Å². The van der Waals surface area contributed by atoms with Crippen LogP contribution in [0.2, 0.25) is 0 Å². The summed E-state index contributed by atoms with van der Waals surface area (Å²) in [5.41, 5.74) is 2.58. The molecule has 0 radical (unpaired) electrons. The molecule has 0 aliphatic rings. The molecule has 0 aliphatic carbocycles. The normalized spacial score (nSPS) is 10.9. The minimum absolute atomic E-state index is 0.00318. The average molecular weight is 431 g/mol. The molecule has 0 N–H and O–H groups in total. The number of aryl methyl sites for hydroxylation is 1. The Kier molecular flexibility index (Phi) is 5.77. The number of pyridine rings is 1. The number of fused-ring (bicyclic) bond motifs is 1. The lowest BCUT2D eigenvalue weighted by molar-refractivity contribution is 0.103. The van der Waals surface area contributed by atoms with E-state index in [9.17, 15) is 14.0 Å². The number of halogens is 1. The van der Waals surface area contributed by atoms with Gasteiger partial charge in [0.25, 0.3) is 0 Å². The average Bonchev–Trinajstić information content (AvgIpc) is 2.81. The topological polar surface area (TPSA) is 57.5 Å². The molecule has 4 rings (SSSR count). The Bertz CT molecular complexity index is 1360. The molecule has 4 aromatic rings. The van der Waals surface area contributed by atoms with Gasteiger partial charge in [-0.15, -0.1) is 0 Å². The van der Waals surface area contributed by atoms with Crippen molar-refractivity contribution in [1.29, 1.82) is 0 Å². The van der Waals surface area contributed by atoms with Crippen LogP contribution in [0.1, 0.15) is 27.0 Å². The maximum Gasteiger partial charge on any atom is 0.200 e. The van der Waals surface area contributed by atoms with Crippen LogP contribution < -0.4 is 14.9 Å². The van der Waals surface area contributed by atoms with Crippen LogP contribution in [0.4, 0.5) is 4.39 Å². The monoisotopic (exact) mass is 431 g/mol. The largest absolute Gasteiger partial charge is 0.493 e. The van der Waals surface area contributed by atoms with E-state index in [-0.39, 0.29) is 11.1 Å². The lowest BCUT2D eigenvalue weighted by atomic mass is 10.0. The van der Waals surface area contributed by atoms with E-state index in [0.717, 1.165) is 11.1 Å². The Morgan fingerprint density at radius 2 is 1.56 bits per heavy atom. The van der Waals surface area contributed by atoms with Gasteiger partial charge in [0.1, 0.15) is 5.82 Å². The molecule has 0 amide bonds. The van der Waals surface area contributed by atoms with Gasteiger partial charge in [-0.3, -0.25) is 9.59 Å². The van der Waals surface area contributed by atoms with E-state index in [0.29, 0.717) is 28.9 Å². The summed E-state index contributed by atoms with van der Waals surface area (Å²) in [6.45, 7) is 2.45. The van der Waals surface area contributed by atoms with Crippen molar-refractivity contribution in [1.82, 2.24) is 4.57 Å².